The van der Waals surface area contributed by atoms with Crippen LogP contribution in [0.2, 0.25) is 0 Å². The largest absolute Gasteiger partial charge is 0.416 e. The van der Waals surface area contributed by atoms with E-state index in [1.165, 1.54) is 32.4 Å². The van der Waals surface area contributed by atoms with E-state index in [1.54, 1.807) is 29.2 Å². The lowest BCUT2D eigenvalue weighted by atomic mass is 9.73. The second-order valence-corrected chi connectivity index (χ2v) is 11.6. The van der Waals surface area contributed by atoms with Crippen LogP contribution in [0.1, 0.15) is 68.6 Å². The van der Waals surface area contributed by atoms with Crippen molar-refractivity contribution in [1.82, 2.24) is 9.80 Å². The van der Waals surface area contributed by atoms with Gasteiger partial charge in [0.05, 0.1) is 17.2 Å². The number of ketones is 1. The molecule has 2 fully saturated rings. The normalized spacial score (nSPS) is 22.5. The first kappa shape index (κ1) is 30.5. The summed E-state index contributed by atoms with van der Waals surface area (Å²) < 4.78 is 40.9. The van der Waals surface area contributed by atoms with Crippen molar-refractivity contribution in [3.63, 3.8) is 0 Å². The molecule has 2 aromatic rings. The quantitative estimate of drug-likeness (QED) is 0.418. The van der Waals surface area contributed by atoms with Crippen LogP contribution in [0, 0.1) is 17.2 Å². The summed E-state index contributed by atoms with van der Waals surface area (Å²) in [6, 6.07) is 13.2. The zero-order valence-electron chi connectivity index (χ0n) is 24.4. The van der Waals surface area contributed by atoms with Crippen LogP contribution >= 0.6 is 0 Å². The van der Waals surface area contributed by atoms with Gasteiger partial charge >= 0.3 is 6.18 Å². The number of halogens is 3. The lowest BCUT2D eigenvalue weighted by Crippen LogP contribution is -2.54. The van der Waals surface area contributed by atoms with E-state index in [1.807, 2.05) is 6.07 Å². The molecule has 2 unspecified atom stereocenters. The Morgan fingerprint density at radius 2 is 1.60 bits per heavy atom. The Labute approximate surface area is 249 Å². The number of alkyl halides is 3. The maximum Gasteiger partial charge on any atom is 0.416 e. The minimum absolute atomic E-state index is 0.0593. The maximum absolute atomic E-state index is 14.4. The second-order valence-electron chi connectivity index (χ2n) is 11.6. The highest BCUT2D eigenvalue weighted by molar-refractivity contribution is 6.15. The molecule has 0 saturated carbocycles. The number of benzene rings is 2. The molecule has 2 aromatic carbocycles. The first-order chi connectivity index (χ1) is 20.5. The first-order valence-corrected chi connectivity index (χ1v) is 14.8. The smallest absolute Gasteiger partial charge is 0.342 e. The standard InChI is InChI=1S/C33H35F3N4O3/c1-21-28(22(2)41)29(24-11-9-23(20-37)10-12-24)30(32(43)40(21)27-8-6-7-25(19-27)33(34,35)36)31(42)39-17-13-26(14-18-39)38-15-4-3-5-16-38/h6-12,19,26,29-30H,3-5,13-18H2,1-2H3. The molecule has 0 aliphatic carbocycles. The summed E-state index contributed by atoms with van der Waals surface area (Å²) in [5.74, 6) is -3.83. The summed E-state index contributed by atoms with van der Waals surface area (Å²) in [6.07, 6.45) is 0.427. The van der Waals surface area contributed by atoms with E-state index in [2.05, 4.69) is 4.90 Å². The van der Waals surface area contributed by atoms with E-state index < -0.39 is 41.2 Å². The van der Waals surface area contributed by atoms with Crippen molar-refractivity contribution in [3.8, 4) is 6.07 Å². The summed E-state index contributed by atoms with van der Waals surface area (Å²) in [6.45, 7) is 5.84. The monoisotopic (exact) mass is 592 g/mol. The van der Waals surface area contributed by atoms with Crippen molar-refractivity contribution < 1.29 is 27.6 Å². The Morgan fingerprint density at radius 3 is 2.19 bits per heavy atom. The van der Waals surface area contributed by atoms with E-state index in [0.29, 0.717) is 30.3 Å². The molecular formula is C33H35F3N4O3. The van der Waals surface area contributed by atoms with Crippen LogP contribution in [0.4, 0.5) is 18.9 Å². The lowest BCUT2D eigenvalue weighted by molar-refractivity contribution is -0.143. The molecule has 0 bridgehead atoms. The number of piperidine rings is 2. The number of rotatable bonds is 5. The van der Waals surface area contributed by atoms with Gasteiger partial charge in [0.15, 0.2) is 5.78 Å². The molecule has 43 heavy (non-hydrogen) atoms. The predicted molar refractivity (Wildman–Crippen MR) is 155 cm³/mol. The van der Waals surface area contributed by atoms with Gasteiger partial charge < -0.3 is 9.80 Å². The molecule has 10 heteroatoms. The number of amides is 2. The van der Waals surface area contributed by atoms with Crippen molar-refractivity contribution in [2.75, 3.05) is 31.1 Å². The minimum Gasteiger partial charge on any atom is -0.342 e. The molecule has 2 saturated heterocycles. The SMILES string of the molecule is CC(=O)C1=C(C)N(c2cccc(C(F)(F)F)c2)C(=O)C(C(=O)N2CCC(N3CCCCC3)CC2)C1c1ccc(C#N)cc1. The molecule has 3 aliphatic rings. The van der Waals surface area contributed by atoms with Crippen LogP contribution in [-0.4, -0.2) is 59.6 Å². The highest BCUT2D eigenvalue weighted by atomic mass is 19.4. The molecule has 0 spiro atoms. The topological polar surface area (TPSA) is 84.7 Å². The van der Waals surface area contributed by atoms with Gasteiger partial charge in [0, 0.05) is 42.0 Å². The highest BCUT2D eigenvalue weighted by Gasteiger charge is 2.49. The van der Waals surface area contributed by atoms with Crippen molar-refractivity contribution in [2.45, 2.75) is 64.1 Å². The average Bonchev–Trinajstić information content (AvgIpc) is 3.00. The number of Topliss-reactive ketones (excluding diaryl/α,β-unsaturated/α-hetero) is 1. The van der Waals surface area contributed by atoms with Crippen molar-refractivity contribution >= 4 is 23.3 Å². The number of nitriles is 1. The minimum atomic E-state index is -4.64. The van der Waals surface area contributed by atoms with Gasteiger partial charge in [-0.25, -0.2) is 0 Å². The number of allylic oxidation sites excluding steroid dienone is 2. The van der Waals surface area contributed by atoms with Gasteiger partial charge in [-0.1, -0.05) is 24.6 Å². The van der Waals surface area contributed by atoms with Gasteiger partial charge in [0.2, 0.25) is 11.8 Å². The Morgan fingerprint density at radius 1 is 0.953 bits per heavy atom. The zero-order valence-corrected chi connectivity index (χ0v) is 24.4. The molecule has 2 atom stereocenters. The van der Waals surface area contributed by atoms with Crippen molar-refractivity contribution in [1.29, 1.82) is 5.26 Å². The highest BCUT2D eigenvalue weighted by Crippen LogP contribution is 2.44. The summed E-state index contributed by atoms with van der Waals surface area (Å²) in [7, 11) is 0. The molecule has 226 valence electrons. The Kier molecular flexibility index (Phi) is 8.74. The summed E-state index contributed by atoms with van der Waals surface area (Å²) >= 11 is 0. The van der Waals surface area contributed by atoms with Gasteiger partial charge in [-0.2, -0.15) is 18.4 Å². The molecule has 7 nitrogen and oxygen atoms in total. The van der Waals surface area contributed by atoms with E-state index in [9.17, 15) is 32.8 Å². The van der Waals surface area contributed by atoms with Gasteiger partial charge in [0.1, 0.15) is 5.92 Å². The van der Waals surface area contributed by atoms with Gasteiger partial charge in [-0.3, -0.25) is 19.3 Å². The number of carbonyl (C=O) groups excluding carboxylic acids is 3. The molecule has 0 N–H and O–H groups in total. The summed E-state index contributed by atoms with van der Waals surface area (Å²) in [4.78, 5) is 47.2. The van der Waals surface area contributed by atoms with E-state index in [-0.39, 0.29) is 17.0 Å². The summed E-state index contributed by atoms with van der Waals surface area (Å²) in [5.41, 5.74) is 0.261. The van der Waals surface area contributed by atoms with Crippen molar-refractivity contribution in [3.05, 3.63) is 76.5 Å². The molecule has 5 rings (SSSR count). The third kappa shape index (κ3) is 6.09. The summed E-state index contributed by atoms with van der Waals surface area (Å²) in [5, 5.41) is 9.31. The van der Waals surface area contributed by atoms with E-state index in [0.717, 1.165) is 55.8 Å². The fourth-order valence-electron chi connectivity index (χ4n) is 6.88. The fourth-order valence-corrected chi connectivity index (χ4v) is 6.88. The molecule has 3 aliphatic heterocycles. The van der Waals surface area contributed by atoms with Crippen molar-refractivity contribution in [2.24, 2.45) is 5.92 Å². The van der Waals surface area contributed by atoms with Gasteiger partial charge in [-0.15, -0.1) is 0 Å². The maximum atomic E-state index is 14.4. The van der Waals surface area contributed by atoms with Crippen LogP contribution in [0.3, 0.4) is 0 Å². The second kappa shape index (κ2) is 12.3. The zero-order chi connectivity index (χ0) is 30.9. The Hall–Kier alpha value is -3.97. The average molecular weight is 593 g/mol. The Balaban J connectivity index is 1.56. The molecule has 0 aromatic heterocycles. The van der Waals surface area contributed by atoms with Crippen LogP contribution in [0.5, 0.6) is 0 Å². The number of nitrogens with zero attached hydrogens (tertiary/aromatic N) is 4. The van der Waals surface area contributed by atoms with Gasteiger partial charge in [0.25, 0.3) is 0 Å². The molecule has 3 heterocycles. The first-order valence-electron chi connectivity index (χ1n) is 14.8. The molecular weight excluding hydrogens is 557 g/mol. The van der Waals surface area contributed by atoms with Crippen LogP contribution in [0.25, 0.3) is 0 Å². The van der Waals surface area contributed by atoms with Crippen LogP contribution < -0.4 is 4.90 Å². The number of carbonyl (C=O) groups is 3. The Bertz CT molecular complexity index is 1460. The third-order valence-electron chi connectivity index (χ3n) is 9.02. The number of hydrogen-bond acceptors (Lipinski definition) is 5. The van der Waals surface area contributed by atoms with Crippen LogP contribution in [-0.2, 0) is 20.6 Å². The van der Waals surface area contributed by atoms with Gasteiger partial charge in [-0.05, 0) is 88.5 Å². The number of hydrogen-bond donors (Lipinski definition) is 0. The van der Waals surface area contributed by atoms with Crippen LogP contribution in [0.15, 0.2) is 59.8 Å². The molecule has 2 amide bonds. The number of anilines is 1. The van der Waals surface area contributed by atoms with E-state index in [4.69, 9.17) is 0 Å². The van der Waals surface area contributed by atoms with E-state index >= 15 is 0 Å². The third-order valence-corrected chi connectivity index (χ3v) is 9.02. The lowest BCUT2D eigenvalue weighted by Gasteiger charge is -2.44. The number of likely N-dealkylation sites (tertiary alicyclic amines) is 2. The predicted octanol–water partition coefficient (Wildman–Crippen LogP) is 5.66. The molecule has 0 radical (unpaired) electrons. The fraction of sp³-hybridized carbons (Fsp3) is 0.455.